The molecule has 1 nitrogen and oxygen atoms in total. The van der Waals surface area contributed by atoms with Gasteiger partial charge in [0.05, 0.1) is 0 Å². The second-order valence-electron chi connectivity index (χ2n) is 4.61. The van der Waals surface area contributed by atoms with E-state index in [4.69, 9.17) is 0 Å². The molecular formula is C11H17NS. The molecular weight excluding hydrogens is 178 g/mol. The SMILES string of the molecule is CC1(C)NCCC1(C)c1cccs1. The average molecular weight is 195 g/mol. The summed E-state index contributed by atoms with van der Waals surface area (Å²) in [5.74, 6) is 0. The van der Waals surface area contributed by atoms with Crippen molar-refractivity contribution in [3.63, 3.8) is 0 Å². The van der Waals surface area contributed by atoms with Crippen LogP contribution in [0.5, 0.6) is 0 Å². The van der Waals surface area contributed by atoms with E-state index in [2.05, 4.69) is 43.6 Å². The highest BCUT2D eigenvalue weighted by molar-refractivity contribution is 7.10. The summed E-state index contributed by atoms with van der Waals surface area (Å²) < 4.78 is 0. The van der Waals surface area contributed by atoms with Gasteiger partial charge in [-0.3, -0.25) is 0 Å². The smallest absolute Gasteiger partial charge is 0.0227 e. The molecule has 0 saturated carbocycles. The quantitative estimate of drug-likeness (QED) is 0.726. The Labute approximate surface area is 84.2 Å². The fraction of sp³-hybridized carbons (Fsp3) is 0.636. The Morgan fingerprint density at radius 2 is 2.15 bits per heavy atom. The van der Waals surface area contributed by atoms with Crippen molar-refractivity contribution >= 4 is 11.3 Å². The van der Waals surface area contributed by atoms with E-state index in [1.54, 1.807) is 0 Å². The van der Waals surface area contributed by atoms with Crippen LogP contribution in [0.15, 0.2) is 17.5 Å². The number of thiophene rings is 1. The summed E-state index contributed by atoms with van der Waals surface area (Å²) in [6.07, 6.45) is 1.25. The van der Waals surface area contributed by atoms with Gasteiger partial charge in [0.15, 0.2) is 0 Å². The first kappa shape index (κ1) is 9.22. The van der Waals surface area contributed by atoms with Gasteiger partial charge in [0.25, 0.3) is 0 Å². The molecule has 1 N–H and O–H groups in total. The molecule has 13 heavy (non-hydrogen) atoms. The first-order valence-corrected chi connectivity index (χ1v) is 5.73. The largest absolute Gasteiger partial charge is 0.311 e. The number of hydrogen-bond donors (Lipinski definition) is 1. The summed E-state index contributed by atoms with van der Waals surface area (Å²) in [6.45, 7) is 8.12. The Morgan fingerprint density at radius 1 is 1.38 bits per heavy atom. The molecule has 2 rings (SSSR count). The third kappa shape index (κ3) is 1.24. The lowest BCUT2D eigenvalue weighted by Gasteiger charge is -2.37. The number of nitrogens with one attached hydrogen (secondary N) is 1. The zero-order valence-corrected chi connectivity index (χ0v) is 9.37. The molecule has 1 unspecified atom stereocenters. The highest BCUT2D eigenvalue weighted by Gasteiger charge is 2.46. The molecule has 1 aliphatic rings. The van der Waals surface area contributed by atoms with Crippen LogP contribution in [0.1, 0.15) is 32.1 Å². The predicted octanol–water partition coefficient (Wildman–Crippen LogP) is 2.78. The minimum absolute atomic E-state index is 0.234. The van der Waals surface area contributed by atoms with Crippen molar-refractivity contribution in [3.8, 4) is 0 Å². The van der Waals surface area contributed by atoms with Crippen LogP contribution >= 0.6 is 11.3 Å². The van der Waals surface area contributed by atoms with E-state index in [1.165, 1.54) is 11.3 Å². The fourth-order valence-corrected chi connectivity index (χ4v) is 3.23. The van der Waals surface area contributed by atoms with Crippen molar-refractivity contribution < 1.29 is 0 Å². The van der Waals surface area contributed by atoms with E-state index in [0.29, 0.717) is 5.41 Å². The lowest BCUT2D eigenvalue weighted by molar-refractivity contribution is 0.302. The lowest BCUT2D eigenvalue weighted by atomic mass is 9.73. The van der Waals surface area contributed by atoms with Crippen LogP contribution in [-0.2, 0) is 5.41 Å². The highest BCUT2D eigenvalue weighted by Crippen LogP contribution is 2.43. The molecule has 0 aliphatic carbocycles. The summed E-state index contributed by atoms with van der Waals surface area (Å²) in [4.78, 5) is 1.52. The van der Waals surface area contributed by atoms with E-state index < -0.39 is 0 Å². The van der Waals surface area contributed by atoms with Crippen LogP contribution in [0.4, 0.5) is 0 Å². The molecule has 2 heteroatoms. The van der Waals surface area contributed by atoms with Crippen molar-refractivity contribution in [2.24, 2.45) is 0 Å². The molecule has 0 amide bonds. The van der Waals surface area contributed by atoms with Crippen molar-refractivity contribution in [2.75, 3.05) is 6.54 Å². The van der Waals surface area contributed by atoms with E-state index in [-0.39, 0.29) is 5.54 Å². The third-order valence-electron chi connectivity index (χ3n) is 3.64. The maximum absolute atomic E-state index is 3.58. The molecule has 2 heterocycles. The second-order valence-corrected chi connectivity index (χ2v) is 5.56. The minimum atomic E-state index is 0.234. The minimum Gasteiger partial charge on any atom is -0.311 e. The summed E-state index contributed by atoms with van der Waals surface area (Å²) in [5, 5.41) is 5.76. The zero-order valence-electron chi connectivity index (χ0n) is 8.55. The number of rotatable bonds is 1. The second kappa shape index (κ2) is 2.82. The van der Waals surface area contributed by atoms with Gasteiger partial charge in [-0.1, -0.05) is 13.0 Å². The first-order chi connectivity index (χ1) is 6.06. The number of hydrogen-bond acceptors (Lipinski definition) is 2. The van der Waals surface area contributed by atoms with Gasteiger partial charge in [0.2, 0.25) is 0 Å². The molecule has 0 spiro atoms. The standard InChI is InChI=1S/C11H17NS/c1-10(2)11(3,6-7-12-10)9-5-4-8-13-9/h4-5,8,12H,6-7H2,1-3H3. The van der Waals surface area contributed by atoms with Crippen LogP contribution in [0, 0.1) is 0 Å². The maximum atomic E-state index is 3.58. The van der Waals surface area contributed by atoms with Gasteiger partial charge >= 0.3 is 0 Å². The molecule has 1 atom stereocenters. The topological polar surface area (TPSA) is 12.0 Å². The molecule has 0 radical (unpaired) electrons. The van der Waals surface area contributed by atoms with Crippen molar-refractivity contribution in [1.82, 2.24) is 5.32 Å². The van der Waals surface area contributed by atoms with Gasteiger partial charge in [-0.05, 0) is 38.3 Å². The molecule has 1 aliphatic heterocycles. The van der Waals surface area contributed by atoms with E-state index in [1.807, 2.05) is 11.3 Å². The normalized spacial score (nSPS) is 32.2. The van der Waals surface area contributed by atoms with Crippen molar-refractivity contribution in [1.29, 1.82) is 0 Å². The fourth-order valence-electron chi connectivity index (χ4n) is 2.16. The van der Waals surface area contributed by atoms with Crippen LogP contribution < -0.4 is 5.32 Å². The summed E-state index contributed by atoms with van der Waals surface area (Å²) in [7, 11) is 0. The molecule has 72 valence electrons. The average Bonchev–Trinajstić information content (AvgIpc) is 2.61. The van der Waals surface area contributed by atoms with Gasteiger partial charge in [-0.2, -0.15) is 0 Å². The molecule has 1 fully saturated rings. The van der Waals surface area contributed by atoms with Crippen LogP contribution in [-0.4, -0.2) is 12.1 Å². The van der Waals surface area contributed by atoms with E-state index >= 15 is 0 Å². The van der Waals surface area contributed by atoms with Gasteiger partial charge in [0, 0.05) is 15.8 Å². The highest BCUT2D eigenvalue weighted by atomic mass is 32.1. The Hall–Kier alpha value is -0.340. The summed E-state index contributed by atoms with van der Waals surface area (Å²) in [5.41, 5.74) is 0.555. The van der Waals surface area contributed by atoms with Crippen LogP contribution in [0.3, 0.4) is 0 Å². The Morgan fingerprint density at radius 3 is 2.62 bits per heavy atom. The summed E-state index contributed by atoms with van der Waals surface area (Å²) >= 11 is 1.88. The van der Waals surface area contributed by atoms with Gasteiger partial charge in [0.1, 0.15) is 0 Å². The van der Waals surface area contributed by atoms with Gasteiger partial charge in [-0.25, -0.2) is 0 Å². The molecule has 0 aromatic carbocycles. The third-order valence-corrected chi connectivity index (χ3v) is 4.77. The van der Waals surface area contributed by atoms with Gasteiger partial charge in [-0.15, -0.1) is 11.3 Å². The lowest BCUT2D eigenvalue weighted by Crippen LogP contribution is -2.47. The Kier molecular flexibility index (Phi) is 2.00. The summed E-state index contributed by atoms with van der Waals surface area (Å²) in [6, 6.07) is 4.42. The molecule has 1 aromatic heterocycles. The van der Waals surface area contributed by atoms with Crippen LogP contribution in [0.25, 0.3) is 0 Å². The Balaban J connectivity index is 2.40. The zero-order chi connectivity index (χ0) is 9.53. The van der Waals surface area contributed by atoms with Crippen molar-refractivity contribution in [3.05, 3.63) is 22.4 Å². The Bertz CT molecular complexity index is 289. The van der Waals surface area contributed by atoms with E-state index in [9.17, 15) is 0 Å². The maximum Gasteiger partial charge on any atom is 0.0227 e. The van der Waals surface area contributed by atoms with Crippen LogP contribution in [0.2, 0.25) is 0 Å². The first-order valence-electron chi connectivity index (χ1n) is 4.85. The predicted molar refractivity (Wildman–Crippen MR) is 58.4 cm³/mol. The van der Waals surface area contributed by atoms with Gasteiger partial charge < -0.3 is 5.32 Å². The monoisotopic (exact) mass is 195 g/mol. The van der Waals surface area contributed by atoms with E-state index in [0.717, 1.165) is 6.54 Å². The van der Waals surface area contributed by atoms with Crippen molar-refractivity contribution in [2.45, 2.75) is 38.1 Å². The molecule has 1 aromatic rings. The molecule has 1 saturated heterocycles. The molecule has 0 bridgehead atoms.